The van der Waals surface area contributed by atoms with Crippen LogP contribution in [0.3, 0.4) is 0 Å². The number of nitrogens with zero attached hydrogens (tertiary/aromatic N) is 2. The zero-order chi connectivity index (χ0) is 22.6. The summed E-state index contributed by atoms with van der Waals surface area (Å²) in [6.45, 7) is 2.77. The Kier molecular flexibility index (Phi) is 6.00. The number of hydrogen-bond acceptors (Lipinski definition) is 5. The summed E-state index contributed by atoms with van der Waals surface area (Å²) in [6.07, 6.45) is 2.73. The van der Waals surface area contributed by atoms with E-state index in [1.165, 1.54) is 10.4 Å². The zero-order valence-corrected chi connectivity index (χ0v) is 19.2. The second-order valence-corrected chi connectivity index (χ2v) is 9.11. The number of aryl methyl sites for hydroxylation is 1. The molecular formula is C27H24N4OS. The molecule has 5 rings (SSSR count). The summed E-state index contributed by atoms with van der Waals surface area (Å²) in [4.78, 5) is 23.7. The van der Waals surface area contributed by atoms with Gasteiger partial charge in [-0.25, -0.2) is 9.97 Å². The van der Waals surface area contributed by atoms with Crippen LogP contribution in [0, 0.1) is 6.92 Å². The molecule has 0 saturated carbocycles. The fourth-order valence-electron chi connectivity index (χ4n) is 4.13. The first-order valence-corrected chi connectivity index (χ1v) is 11.8. The first-order chi connectivity index (χ1) is 16.2. The standard InChI is InChI=1S/C27H24N4OS/c1-18-24(20-10-3-2-4-11-20)25-26(29-17-30-27(25)33-18)28-16-8-15-23(32)31-22-14-7-12-19-9-5-6-13-21(19)22/h2-7,9-14,17H,8,15-16H2,1H3,(H,31,32)(H,28,29,30). The average Bonchev–Trinajstić information content (AvgIpc) is 3.19. The topological polar surface area (TPSA) is 66.9 Å². The fraction of sp³-hybridized carbons (Fsp3) is 0.148. The lowest BCUT2D eigenvalue weighted by Crippen LogP contribution is -2.14. The van der Waals surface area contributed by atoms with Gasteiger partial charge in [0.2, 0.25) is 5.91 Å². The smallest absolute Gasteiger partial charge is 0.224 e. The van der Waals surface area contributed by atoms with Crippen molar-refractivity contribution in [1.82, 2.24) is 9.97 Å². The van der Waals surface area contributed by atoms with Crippen LogP contribution in [-0.2, 0) is 4.79 Å². The molecule has 0 radical (unpaired) electrons. The van der Waals surface area contributed by atoms with Gasteiger partial charge in [-0.15, -0.1) is 11.3 Å². The van der Waals surface area contributed by atoms with E-state index in [-0.39, 0.29) is 5.91 Å². The van der Waals surface area contributed by atoms with Gasteiger partial charge in [-0.2, -0.15) is 0 Å². The van der Waals surface area contributed by atoms with E-state index in [4.69, 9.17) is 0 Å². The summed E-state index contributed by atoms with van der Waals surface area (Å²) in [6, 6.07) is 24.4. The monoisotopic (exact) mass is 452 g/mol. The summed E-state index contributed by atoms with van der Waals surface area (Å²) >= 11 is 1.68. The maximum absolute atomic E-state index is 12.6. The Balaban J connectivity index is 1.26. The molecule has 6 heteroatoms. The molecule has 0 saturated heterocycles. The lowest BCUT2D eigenvalue weighted by molar-refractivity contribution is -0.116. The Morgan fingerprint density at radius 3 is 2.61 bits per heavy atom. The van der Waals surface area contributed by atoms with E-state index in [1.54, 1.807) is 17.7 Å². The molecule has 0 aliphatic rings. The molecule has 0 aliphatic carbocycles. The van der Waals surface area contributed by atoms with Gasteiger partial charge in [0.05, 0.1) is 5.39 Å². The number of fused-ring (bicyclic) bond motifs is 2. The van der Waals surface area contributed by atoms with Crippen molar-refractivity contribution >= 4 is 49.7 Å². The van der Waals surface area contributed by atoms with E-state index in [2.05, 4.69) is 39.7 Å². The Morgan fingerprint density at radius 1 is 0.939 bits per heavy atom. The van der Waals surface area contributed by atoms with E-state index < -0.39 is 0 Å². The number of hydrogen-bond donors (Lipinski definition) is 2. The molecule has 3 aromatic carbocycles. The lowest BCUT2D eigenvalue weighted by atomic mass is 10.0. The van der Waals surface area contributed by atoms with Crippen molar-refractivity contribution in [3.63, 3.8) is 0 Å². The molecule has 5 aromatic rings. The van der Waals surface area contributed by atoms with E-state index in [1.807, 2.05) is 60.7 Å². The molecule has 164 valence electrons. The van der Waals surface area contributed by atoms with Gasteiger partial charge in [-0.3, -0.25) is 4.79 Å². The second kappa shape index (κ2) is 9.38. The Labute approximate surface area is 196 Å². The van der Waals surface area contributed by atoms with Crippen LogP contribution >= 0.6 is 11.3 Å². The summed E-state index contributed by atoms with van der Waals surface area (Å²) in [7, 11) is 0. The van der Waals surface area contributed by atoms with Crippen molar-refractivity contribution in [3.05, 3.63) is 84.0 Å². The van der Waals surface area contributed by atoms with Gasteiger partial charge < -0.3 is 10.6 Å². The number of amides is 1. The van der Waals surface area contributed by atoms with Crippen LogP contribution in [0.25, 0.3) is 32.1 Å². The van der Waals surface area contributed by atoms with Crippen molar-refractivity contribution in [2.75, 3.05) is 17.2 Å². The van der Waals surface area contributed by atoms with Gasteiger partial charge in [0.1, 0.15) is 17.0 Å². The number of aromatic nitrogens is 2. The molecule has 0 spiro atoms. The van der Waals surface area contributed by atoms with E-state index >= 15 is 0 Å². The molecule has 0 atom stereocenters. The van der Waals surface area contributed by atoms with Crippen molar-refractivity contribution in [3.8, 4) is 11.1 Å². The van der Waals surface area contributed by atoms with Crippen LogP contribution in [0.5, 0.6) is 0 Å². The minimum Gasteiger partial charge on any atom is -0.369 e. The van der Waals surface area contributed by atoms with Gasteiger partial charge in [-0.1, -0.05) is 66.7 Å². The van der Waals surface area contributed by atoms with Crippen LogP contribution in [0.15, 0.2) is 79.1 Å². The van der Waals surface area contributed by atoms with E-state index in [0.717, 1.165) is 38.1 Å². The molecule has 0 bridgehead atoms. The Hall–Kier alpha value is -3.77. The minimum atomic E-state index is 0.0114. The Morgan fingerprint density at radius 2 is 1.73 bits per heavy atom. The van der Waals surface area contributed by atoms with Gasteiger partial charge >= 0.3 is 0 Å². The molecule has 2 aromatic heterocycles. The number of carbonyl (C=O) groups excluding carboxylic acids is 1. The molecule has 1 amide bonds. The first-order valence-electron chi connectivity index (χ1n) is 11.0. The molecule has 5 nitrogen and oxygen atoms in total. The number of rotatable bonds is 7. The number of anilines is 2. The SMILES string of the molecule is Cc1sc2ncnc(NCCCC(=O)Nc3cccc4ccccc34)c2c1-c1ccccc1. The maximum atomic E-state index is 12.6. The van der Waals surface area contributed by atoms with E-state index in [9.17, 15) is 4.79 Å². The van der Waals surface area contributed by atoms with Gasteiger partial charge in [-0.05, 0) is 30.4 Å². The molecule has 2 N–H and O–H groups in total. The largest absolute Gasteiger partial charge is 0.369 e. The van der Waals surface area contributed by atoms with Crippen LogP contribution in [0.1, 0.15) is 17.7 Å². The van der Waals surface area contributed by atoms with Gasteiger partial charge in [0.15, 0.2) is 0 Å². The lowest BCUT2D eigenvalue weighted by Gasteiger charge is -2.10. The number of thiophene rings is 1. The van der Waals surface area contributed by atoms with Crippen molar-refractivity contribution in [2.45, 2.75) is 19.8 Å². The van der Waals surface area contributed by atoms with Crippen molar-refractivity contribution in [1.29, 1.82) is 0 Å². The highest BCUT2D eigenvalue weighted by atomic mass is 32.1. The quantitative estimate of drug-likeness (QED) is 0.271. The molecule has 33 heavy (non-hydrogen) atoms. The van der Waals surface area contributed by atoms with Gasteiger partial charge in [0, 0.05) is 34.5 Å². The van der Waals surface area contributed by atoms with Crippen LogP contribution < -0.4 is 10.6 Å². The predicted octanol–water partition coefficient (Wildman–Crippen LogP) is 6.65. The van der Waals surface area contributed by atoms with Crippen LogP contribution in [0.2, 0.25) is 0 Å². The highest BCUT2D eigenvalue weighted by Crippen LogP contribution is 2.40. The maximum Gasteiger partial charge on any atom is 0.224 e. The summed E-state index contributed by atoms with van der Waals surface area (Å²) in [5, 5.41) is 9.71. The summed E-state index contributed by atoms with van der Waals surface area (Å²) in [5.41, 5.74) is 3.19. The number of benzene rings is 3. The van der Waals surface area contributed by atoms with Crippen molar-refractivity contribution in [2.24, 2.45) is 0 Å². The third kappa shape index (κ3) is 4.43. The Bertz CT molecular complexity index is 1420. The predicted molar refractivity (Wildman–Crippen MR) is 138 cm³/mol. The fourth-order valence-corrected chi connectivity index (χ4v) is 5.15. The van der Waals surface area contributed by atoms with Gasteiger partial charge in [0.25, 0.3) is 0 Å². The first kappa shape index (κ1) is 21.1. The summed E-state index contributed by atoms with van der Waals surface area (Å²) in [5.74, 6) is 0.829. The number of nitrogens with one attached hydrogen (secondary N) is 2. The van der Waals surface area contributed by atoms with Crippen LogP contribution in [-0.4, -0.2) is 22.4 Å². The highest BCUT2D eigenvalue weighted by Gasteiger charge is 2.16. The number of carbonyl (C=O) groups is 1. The molecular weight excluding hydrogens is 428 g/mol. The molecule has 0 aliphatic heterocycles. The summed E-state index contributed by atoms with van der Waals surface area (Å²) < 4.78 is 0. The average molecular weight is 453 g/mol. The zero-order valence-electron chi connectivity index (χ0n) is 18.3. The normalized spacial score (nSPS) is 11.1. The molecule has 2 heterocycles. The third-order valence-electron chi connectivity index (χ3n) is 5.66. The minimum absolute atomic E-state index is 0.0114. The molecule has 0 unspecified atom stereocenters. The van der Waals surface area contributed by atoms with Crippen LogP contribution in [0.4, 0.5) is 11.5 Å². The van der Waals surface area contributed by atoms with E-state index in [0.29, 0.717) is 19.4 Å². The van der Waals surface area contributed by atoms with Crippen molar-refractivity contribution < 1.29 is 4.79 Å². The highest BCUT2D eigenvalue weighted by molar-refractivity contribution is 7.19. The molecule has 0 fully saturated rings. The third-order valence-corrected chi connectivity index (χ3v) is 6.68. The second-order valence-electron chi connectivity index (χ2n) is 7.91.